The number of halogens is 3. The minimum atomic E-state index is -4.41. The molecule has 13 N–H and O–H groups in total. The first kappa shape index (κ1) is 91.7. The number of fused-ring (bicyclic) bond motifs is 1. The first-order valence-corrected chi connectivity index (χ1v) is 35.0. The number of aliphatic carboxylic acids is 4. The zero-order chi connectivity index (χ0) is 80.0. The number of unbranched alkanes of at least 4 members (excludes halogenated alkanes) is 1. The van der Waals surface area contributed by atoms with Crippen LogP contribution in [0.15, 0.2) is 58.6 Å². The fraction of sp³-hybridized carbons (Fsp3) is 0.612. The summed E-state index contributed by atoms with van der Waals surface area (Å²) in [5, 5.41) is 52.0. The van der Waals surface area contributed by atoms with Gasteiger partial charge < -0.3 is 81.2 Å². The fourth-order valence-corrected chi connectivity index (χ4v) is 12.0. The number of carboxylic acid groups (broad SMARTS) is 4. The number of likely N-dealkylation sites (N-methyl/N-ethyl adjacent to an activating group) is 1. The summed E-state index contributed by atoms with van der Waals surface area (Å²) in [6.07, 6.45) is 8.78. The predicted molar refractivity (Wildman–Crippen MR) is 388 cm³/mol. The summed E-state index contributed by atoms with van der Waals surface area (Å²) in [5.41, 5.74) is 6.78. The number of alkyl halides is 2. The van der Waals surface area contributed by atoms with Gasteiger partial charge in [0.15, 0.2) is 5.95 Å². The van der Waals surface area contributed by atoms with Crippen LogP contribution >= 0.6 is 0 Å². The number of hydrogen-bond acceptors (Lipinski definition) is 22. The molecule has 2 aromatic heterocycles. The number of carbonyl (C=O) groups excluding carboxylic acids is 4. The number of carboxylic acids is 4. The fourth-order valence-electron chi connectivity index (χ4n) is 10.4. The SMILES string of the molecule is C.CCCOCCOCCOCCCNC(=O)CCCOc1cc(C)c(S(=O)(=O)NC(CNC(=O)c2cn(C)c3cc(CNc4ncc[nH]4)ccc3c2=O)C(=O)O)c(C)c1.CCNC(=O)[C@@H](CCCCN)NC(=O)CN1CCN(CC(=O)O)CCN(CC(=O)O)CCN(CC(=O)O)CC1.CF.CF.[3H]F.[3H][3H]. The summed E-state index contributed by atoms with van der Waals surface area (Å²) >= 11 is 0. The summed E-state index contributed by atoms with van der Waals surface area (Å²) in [7, 11) is -1.74. The molecule has 1 unspecified atom stereocenters. The number of nitrogens with zero attached hydrogens (tertiary/aromatic N) is 6. The van der Waals surface area contributed by atoms with Crippen LogP contribution in [0, 0.1) is 13.8 Å². The maximum absolute atomic E-state index is 13.5. The van der Waals surface area contributed by atoms with Crippen LogP contribution in [0.3, 0.4) is 0 Å². The molecule has 4 aromatic rings. The Kier molecular flexibility index (Phi) is 47.8. The second-order valence-electron chi connectivity index (χ2n) is 23.3. The van der Waals surface area contributed by atoms with E-state index in [1.54, 1.807) is 77.7 Å². The highest BCUT2D eigenvalue weighted by Gasteiger charge is 2.30. The first-order chi connectivity index (χ1) is 50.8. The molecular weight excluding hydrogens is 1390 g/mol. The number of imidazole rings is 1. The maximum atomic E-state index is 13.5. The molecule has 5 rings (SSSR count). The van der Waals surface area contributed by atoms with E-state index in [4.69, 9.17) is 32.4 Å². The number of ether oxygens (including phenoxy) is 4. The highest BCUT2D eigenvalue weighted by atomic mass is 32.2. The van der Waals surface area contributed by atoms with Crippen molar-refractivity contribution in [2.75, 3.05) is 171 Å². The third-order valence-electron chi connectivity index (χ3n) is 15.2. The number of hydrogen-bond donors (Lipinski definition) is 12. The quantitative estimate of drug-likeness (QED) is 0.0283. The van der Waals surface area contributed by atoms with Gasteiger partial charge in [-0.25, -0.2) is 13.4 Å². The average Bonchev–Trinajstić information content (AvgIpc) is 1.17. The largest absolute Gasteiger partial charge is 0.494 e. The van der Waals surface area contributed by atoms with Gasteiger partial charge in [-0.05, 0) is 107 Å². The second kappa shape index (κ2) is 54.3. The van der Waals surface area contributed by atoms with E-state index in [9.17, 15) is 80.8 Å². The van der Waals surface area contributed by atoms with Crippen molar-refractivity contribution in [2.24, 2.45) is 12.8 Å². The van der Waals surface area contributed by atoms with Crippen LogP contribution in [-0.2, 0) is 71.4 Å². The van der Waals surface area contributed by atoms with Gasteiger partial charge in [0.2, 0.25) is 33.2 Å². The van der Waals surface area contributed by atoms with E-state index in [2.05, 4.69) is 42.7 Å². The van der Waals surface area contributed by atoms with Crippen LogP contribution in [0.2, 0.25) is 0 Å². The Morgan fingerprint density at radius 1 is 0.721 bits per heavy atom. The molecule has 2 atom stereocenters. The van der Waals surface area contributed by atoms with Crippen LogP contribution in [0.4, 0.5) is 19.4 Å². The van der Waals surface area contributed by atoms with Gasteiger partial charge in [0.25, 0.3) is 7.36 Å². The normalized spacial score (nSPS) is 13.8. The Morgan fingerprint density at radius 2 is 1.26 bits per heavy atom. The lowest BCUT2D eigenvalue weighted by Crippen LogP contribution is -2.52. The number of benzene rings is 2. The van der Waals surface area contributed by atoms with Gasteiger partial charge in [-0.1, -0.05) is 20.4 Å². The molecule has 592 valence electrons. The number of nitrogens with one attached hydrogen (secondary N) is 7. The van der Waals surface area contributed by atoms with E-state index < -0.39 is 63.9 Å². The van der Waals surface area contributed by atoms with Crippen molar-refractivity contribution in [1.29, 1.82) is 1.45 Å². The Morgan fingerprint density at radius 3 is 1.76 bits per heavy atom. The molecule has 33 nitrogen and oxygen atoms in total. The van der Waals surface area contributed by atoms with Gasteiger partial charge in [0.05, 0.1) is 84.0 Å². The van der Waals surface area contributed by atoms with Crippen LogP contribution < -0.4 is 47.2 Å². The lowest BCUT2D eigenvalue weighted by atomic mass is 10.1. The standard InChI is InChI=1S/C40H55N7O11S.C24H45N7O8.2CH3F.CH4.FH.H2/c1-5-14-55-17-19-57-20-18-56-15-7-11-41-35(48)8-6-16-58-30-21-27(2)37(28(3)22-30)59(53,54)46-33(39(51)52)25-44-38(50)32-26-47(4)34-23-29(9-10-31(34)36(32)49)24-45-40-42-12-13-43-40;1-2-26-24(39)19(5-3-4-6-25)27-20(32)15-28-7-9-29(16-21(33)34)11-13-31(18-23(37)38)14-12-30(10-8-28)17-22(35)36;2*1-2;;;/h9-10,12-13,21-23,26,33,46H,5-8,11,14-20,24-25H2,1-4H3,(H,41,48)(H,44,50)(H,51,52)(H2,42,43,45);19H,2-18,25H2,1H3,(H,26,39)(H,27,32)(H,33,34)(H,35,36)(H,37,38);2*1H3;1H4;2*1H/t;19-;;;;;/m.1...../s1/i;;;;;;1+2T/hT. The second-order valence-corrected chi connectivity index (χ2v) is 25.0. The van der Waals surface area contributed by atoms with E-state index in [0.29, 0.717) is 167 Å². The minimum Gasteiger partial charge on any atom is -0.494 e. The van der Waals surface area contributed by atoms with Gasteiger partial charge in [-0.2, -0.15) is 4.72 Å². The number of anilines is 1. The van der Waals surface area contributed by atoms with Crippen molar-refractivity contribution in [3.05, 3.63) is 81.4 Å². The van der Waals surface area contributed by atoms with E-state index >= 15 is 0 Å². The van der Waals surface area contributed by atoms with Gasteiger partial charge >= 0.3 is 23.9 Å². The number of carbonyl (C=O) groups is 8. The Balaban J connectivity index is 0. The van der Waals surface area contributed by atoms with E-state index in [0.717, 1.165) is 25.0 Å². The number of nitrogens with two attached hydrogens (primary N) is 1. The number of H-pyrrole nitrogens is 1. The van der Waals surface area contributed by atoms with Gasteiger partial charge in [0, 0.05) is 132 Å². The number of aryl methyl sites for hydroxylation is 3. The van der Waals surface area contributed by atoms with Crippen molar-refractivity contribution in [3.63, 3.8) is 0 Å². The third kappa shape index (κ3) is 37.9. The highest BCUT2D eigenvalue weighted by Crippen LogP contribution is 2.26. The number of sulfonamides is 1. The molecule has 0 bridgehead atoms. The van der Waals surface area contributed by atoms with Crippen molar-refractivity contribution in [2.45, 2.75) is 104 Å². The molecule has 0 aliphatic carbocycles. The van der Waals surface area contributed by atoms with E-state index in [-0.39, 0.29) is 93.3 Å². The van der Waals surface area contributed by atoms with Crippen molar-refractivity contribution >= 4 is 74.4 Å². The molecule has 0 radical (unpaired) electrons. The summed E-state index contributed by atoms with van der Waals surface area (Å²) in [6.45, 7) is 13.2. The molecule has 2 aromatic carbocycles. The van der Waals surface area contributed by atoms with Crippen molar-refractivity contribution in [3.8, 4) is 5.75 Å². The molecule has 37 heteroatoms. The number of pyridine rings is 1. The lowest BCUT2D eigenvalue weighted by Gasteiger charge is -2.33. The molecule has 1 aliphatic rings. The molecule has 1 saturated heterocycles. The third-order valence-corrected chi connectivity index (χ3v) is 17.0. The highest BCUT2D eigenvalue weighted by molar-refractivity contribution is 7.89. The average molecular weight is 1510 g/mol. The molecule has 1 fully saturated rings. The van der Waals surface area contributed by atoms with Crippen LogP contribution in [0.5, 0.6) is 5.75 Å². The number of aromatic amines is 1. The Labute approximate surface area is 610 Å². The van der Waals surface area contributed by atoms with Gasteiger partial charge in [-0.3, -0.25) is 76.2 Å². The molecular formula is C67H113F3N14O19S. The van der Waals surface area contributed by atoms with Crippen LogP contribution in [0.25, 0.3) is 10.9 Å². The number of rotatable bonds is 42. The summed E-state index contributed by atoms with van der Waals surface area (Å²) < 4.78 is 94.9. The topological polar surface area (TPSA) is 450 Å². The van der Waals surface area contributed by atoms with Gasteiger partial charge in [0.1, 0.15) is 23.4 Å². The Bertz CT molecular complexity index is 3340. The van der Waals surface area contributed by atoms with Crippen LogP contribution in [0.1, 0.15) is 96.2 Å². The predicted octanol–water partition coefficient (Wildman–Crippen LogP) is 2.19. The summed E-state index contributed by atoms with van der Waals surface area (Å²) in [4.78, 5) is 124. The smallest absolute Gasteiger partial charge is 0.323 e. The zero-order valence-corrected chi connectivity index (χ0v) is 60.7. The monoisotopic (exact) mass is 1510 g/mol. The lowest BCUT2D eigenvalue weighted by molar-refractivity contribution is -0.140. The van der Waals surface area contributed by atoms with E-state index in [1.807, 2.05) is 11.8 Å². The molecule has 1 aliphatic heterocycles. The first-order valence-electron chi connectivity index (χ1n) is 34.9. The Hall–Kier alpha value is -8.40. The van der Waals surface area contributed by atoms with E-state index in [1.165, 1.54) is 18.3 Å². The molecule has 4 amide bonds. The van der Waals surface area contributed by atoms with Crippen molar-refractivity contribution in [1.82, 2.24) is 60.1 Å². The van der Waals surface area contributed by atoms with Crippen LogP contribution in [-0.4, -0.2) is 289 Å². The zero-order valence-electron chi connectivity index (χ0n) is 62.9. The minimum absolute atomic E-state index is 0. The summed E-state index contributed by atoms with van der Waals surface area (Å²) in [6, 6.07) is 5.72. The number of aromatic nitrogens is 3. The molecule has 3 heterocycles. The molecule has 0 saturated carbocycles. The summed E-state index contributed by atoms with van der Waals surface area (Å²) in [5.74, 6) is -5.26. The molecule has 0 spiro atoms. The number of amides is 4. The maximum Gasteiger partial charge on any atom is 0.323 e. The van der Waals surface area contributed by atoms with Crippen molar-refractivity contribution < 1.29 is 103 Å². The molecule has 104 heavy (non-hydrogen) atoms. The van der Waals surface area contributed by atoms with Gasteiger partial charge in [-0.15, -0.1) is 0 Å².